The molecule has 2 aromatic rings. The van der Waals surface area contributed by atoms with Gasteiger partial charge in [-0.2, -0.15) is 13.2 Å². The summed E-state index contributed by atoms with van der Waals surface area (Å²) in [6.45, 7) is 5.48. The lowest BCUT2D eigenvalue weighted by molar-refractivity contribution is -0.137. The standard InChI is InChI=1S/C22H25F5N2O2/c23-18-5-6-21(20(24)16-18)31-14-12-29-10-8-28(9-11-29)7-2-13-30-19-4-1-3-17(15-19)22(25,26)27/h1,3-6,15-16H,2,7-14H2. The van der Waals surface area contributed by atoms with Crippen LogP contribution in [-0.4, -0.2) is 62.3 Å². The fraction of sp³-hybridized carbons (Fsp3) is 0.455. The van der Waals surface area contributed by atoms with Crippen LogP contribution in [0.1, 0.15) is 12.0 Å². The van der Waals surface area contributed by atoms with Crippen LogP contribution >= 0.6 is 0 Å². The normalized spacial score (nSPS) is 15.8. The van der Waals surface area contributed by atoms with E-state index in [1.54, 1.807) is 0 Å². The van der Waals surface area contributed by atoms with Crippen LogP contribution in [0, 0.1) is 11.6 Å². The zero-order chi connectivity index (χ0) is 22.3. The van der Waals surface area contributed by atoms with Crippen molar-refractivity contribution in [1.29, 1.82) is 0 Å². The average Bonchev–Trinajstić information content (AvgIpc) is 2.73. The number of piperazine rings is 1. The maximum atomic E-state index is 13.5. The molecule has 31 heavy (non-hydrogen) atoms. The van der Waals surface area contributed by atoms with Gasteiger partial charge in [0.15, 0.2) is 11.6 Å². The molecule has 3 rings (SSSR count). The molecule has 0 amide bonds. The molecule has 170 valence electrons. The Hall–Kier alpha value is -2.39. The van der Waals surface area contributed by atoms with Gasteiger partial charge in [0.2, 0.25) is 0 Å². The van der Waals surface area contributed by atoms with Crippen molar-refractivity contribution in [3.05, 3.63) is 59.7 Å². The van der Waals surface area contributed by atoms with Gasteiger partial charge in [-0.25, -0.2) is 8.78 Å². The summed E-state index contributed by atoms with van der Waals surface area (Å²) in [6.07, 6.45) is -3.67. The van der Waals surface area contributed by atoms with E-state index in [4.69, 9.17) is 9.47 Å². The lowest BCUT2D eigenvalue weighted by atomic mass is 10.2. The van der Waals surface area contributed by atoms with Crippen molar-refractivity contribution in [3.63, 3.8) is 0 Å². The Morgan fingerprint density at radius 3 is 2.19 bits per heavy atom. The SMILES string of the molecule is Fc1ccc(OCCN2CCN(CCCOc3cccc(C(F)(F)F)c3)CC2)c(F)c1. The van der Waals surface area contributed by atoms with Gasteiger partial charge < -0.3 is 14.4 Å². The van der Waals surface area contributed by atoms with Crippen LogP contribution in [-0.2, 0) is 6.18 Å². The summed E-state index contributed by atoms with van der Waals surface area (Å²) in [4.78, 5) is 4.48. The summed E-state index contributed by atoms with van der Waals surface area (Å²) < 4.78 is 75.5. The van der Waals surface area contributed by atoms with Crippen LogP contribution in [0.15, 0.2) is 42.5 Å². The first kappa shape index (κ1) is 23.3. The molecule has 4 nitrogen and oxygen atoms in total. The van der Waals surface area contributed by atoms with Crippen LogP contribution in [0.5, 0.6) is 11.5 Å². The van der Waals surface area contributed by atoms with Crippen LogP contribution < -0.4 is 9.47 Å². The lowest BCUT2D eigenvalue weighted by Gasteiger charge is -2.34. The zero-order valence-electron chi connectivity index (χ0n) is 17.0. The van der Waals surface area contributed by atoms with E-state index in [2.05, 4.69) is 9.80 Å². The first-order chi connectivity index (χ1) is 14.8. The molecule has 2 aromatic carbocycles. The molecule has 0 N–H and O–H groups in total. The van der Waals surface area contributed by atoms with Gasteiger partial charge in [0.1, 0.15) is 18.2 Å². The van der Waals surface area contributed by atoms with E-state index in [0.29, 0.717) is 26.2 Å². The molecule has 1 heterocycles. The highest BCUT2D eigenvalue weighted by atomic mass is 19.4. The van der Waals surface area contributed by atoms with E-state index in [9.17, 15) is 22.0 Å². The number of rotatable bonds is 9. The van der Waals surface area contributed by atoms with Crippen molar-refractivity contribution < 1.29 is 31.4 Å². The van der Waals surface area contributed by atoms with Crippen LogP contribution in [0.2, 0.25) is 0 Å². The molecule has 1 saturated heterocycles. The Bertz CT molecular complexity index is 839. The number of ether oxygens (including phenoxy) is 2. The van der Waals surface area contributed by atoms with Gasteiger partial charge in [-0.15, -0.1) is 0 Å². The fourth-order valence-corrected chi connectivity index (χ4v) is 3.35. The average molecular weight is 444 g/mol. The predicted molar refractivity (Wildman–Crippen MR) is 106 cm³/mol. The summed E-state index contributed by atoms with van der Waals surface area (Å²) in [5.41, 5.74) is -0.715. The maximum Gasteiger partial charge on any atom is 0.416 e. The van der Waals surface area contributed by atoms with Crippen molar-refractivity contribution in [1.82, 2.24) is 9.80 Å². The smallest absolute Gasteiger partial charge is 0.416 e. The number of alkyl halides is 3. The number of hydrogen-bond acceptors (Lipinski definition) is 4. The van der Waals surface area contributed by atoms with Gasteiger partial charge in [0.05, 0.1) is 12.2 Å². The largest absolute Gasteiger partial charge is 0.494 e. The molecule has 1 aliphatic rings. The highest BCUT2D eigenvalue weighted by Crippen LogP contribution is 2.31. The Kier molecular flexibility index (Phi) is 8.09. The van der Waals surface area contributed by atoms with Crippen molar-refractivity contribution >= 4 is 0 Å². The first-order valence-electron chi connectivity index (χ1n) is 10.1. The molecular weight excluding hydrogens is 419 g/mol. The predicted octanol–water partition coefficient (Wildman–Crippen LogP) is 4.45. The molecule has 0 atom stereocenters. The quantitative estimate of drug-likeness (QED) is 0.422. The van der Waals surface area contributed by atoms with E-state index >= 15 is 0 Å². The minimum absolute atomic E-state index is 0.0424. The number of benzene rings is 2. The Morgan fingerprint density at radius 2 is 1.52 bits per heavy atom. The molecule has 1 aliphatic heterocycles. The number of nitrogens with zero attached hydrogens (tertiary/aromatic N) is 2. The van der Waals surface area contributed by atoms with E-state index < -0.39 is 23.4 Å². The molecule has 0 saturated carbocycles. The Labute approximate surface area is 178 Å². The second-order valence-electron chi connectivity index (χ2n) is 7.33. The Morgan fingerprint density at radius 1 is 0.806 bits per heavy atom. The molecule has 9 heteroatoms. The van der Waals surface area contributed by atoms with E-state index in [1.807, 2.05) is 0 Å². The third kappa shape index (κ3) is 7.36. The number of halogens is 5. The van der Waals surface area contributed by atoms with Crippen molar-refractivity contribution in [2.75, 3.05) is 52.5 Å². The van der Waals surface area contributed by atoms with Crippen LogP contribution in [0.25, 0.3) is 0 Å². The third-order valence-electron chi connectivity index (χ3n) is 5.07. The molecule has 0 bridgehead atoms. The van der Waals surface area contributed by atoms with Crippen LogP contribution in [0.3, 0.4) is 0 Å². The summed E-state index contributed by atoms with van der Waals surface area (Å²) in [7, 11) is 0. The highest BCUT2D eigenvalue weighted by molar-refractivity contribution is 5.30. The third-order valence-corrected chi connectivity index (χ3v) is 5.07. The molecule has 0 spiro atoms. The molecule has 0 unspecified atom stereocenters. The maximum absolute atomic E-state index is 13.5. The number of hydrogen-bond donors (Lipinski definition) is 0. The van der Waals surface area contributed by atoms with E-state index in [-0.39, 0.29) is 11.5 Å². The van der Waals surface area contributed by atoms with Gasteiger partial charge in [-0.3, -0.25) is 4.90 Å². The monoisotopic (exact) mass is 444 g/mol. The second-order valence-corrected chi connectivity index (χ2v) is 7.33. The fourth-order valence-electron chi connectivity index (χ4n) is 3.35. The van der Waals surface area contributed by atoms with Gasteiger partial charge in [0, 0.05) is 45.3 Å². The Balaban J connectivity index is 1.29. The summed E-state index contributed by atoms with van der Waals surface area (Å²) in [6, 6.07) is 8.13. The summed E-state index contributed by atoms with van der Waals surface area (Å²) in [5.74, 6) is -1.09. The van der Waals surface area contributed by atoms with Gasteiger partial charge in [-0.05, 0) is 36.8 Å². The minimum atomic E-state index is -4.38. The molecule has 1 fully saturated rings. The molecule has 0 radical (unpaired) electrons. The minimum Gasteiger partial charge on any atom is -0.494 e. The molecular formula is C22H25F5N2O2. The van der Waals surface area contributed by atoms with Gasteiger partial charge in [0.25, 0.3) is 0 Å². The van der Waals surface area contributed by atoms with Crippen molar-refractivity contribution in [2.45, 2.75) is 12.6 Å². The first-order valence-corrected chi connectivity index (χ1v) is 10.1. The van der Waals surface area contributed by atoms with Crippen molar-refractivity contribution in [2.24, 2.45) is 0 Å². The molecule has 0 aromatic heterocycles. The van der Waals surface area contributed by atoms with Crippen LogP contribution in [0.4, 0.5) is 22.0 Å². The van der Waals surface area contributed by atoms with E-state index in [1.165, 1.54) is 18.2 Å². The topological polar surface area (TPSA) is 24.9 Å². The van der Waals surface area contributed by atoms with E-state index in [0.717, 1.165) is 57.0 Å². The zero-order valence-corrected chi connectivity index (χ0v) is 17.0. The van der Waals surface area contributed by atoms with Gasteiger partial charge in [-0.1, -0.05) is 6.07 Å². The van der Waals surface area contributed by atoms with Crippen molar-refractivity contribution in [3.8, 4) is 11.5 Å². The molecule has 0 aliphatic carbocycles. The van der Waals surface area contributed by atoms with Gasteiger partial charge >= 0.3 is 6.18 Å². The highest BCUT2D eigenvalue weighted by Gasteiger charge is 2.30. The summed E-state index contributed by atoms with van der Waals surface area (Å²) in [5, 5.41) is 0. The lowest BCUT2D eigenvalue weighted by Crippen LogP contribution is -2.47. The summed E-state index contributed by atoms with van der Waals surface area (Å²) >= 11 is 0. The second kappa shape index (κ2) is 10.8.